The van der Waals surface area contributed by atoms with Crippen molar-refractivity contribution < 1.29 is 36.0 Å². The van der Waals surface area contributed by atoms with Gasteiger partial charge in [0.2, 0.25) is 0 Å². The maximum absolute atomic E-state index is 5.53. The van der Waals surface area contributed by atoms with Gasteiger partial charge in [-0.15, -0.1) is 11.6 Å². The standard InChI is InChI=1S/C9H20O5Si.C6H15ClO3Si/c1-10-15(11-2,12-3)6-4-5-13-7-9-8-14-9;1-8-11(9-2,10-3)6-4-5-7/h9H,4-8H2,1-3H3;4-6H2,1-3H3. The third-order valence-corrected chi connectivity index (χ3v) is 9.89. The lowest BCUT2D eigenvalue weighted by molar-refractivity contribution is 0.100. The van der Waals surface area contributed by atoms with E-state index in [-0.39, 0.29) is 0 Å². The van der Waals surface area contributed by atoms with Crippen LogP contribution in [-0.4, -0.2) is 92.1 Å². The van der Waals surface area contributed by atoms with Gasteiger partial charge in [0.25, 0.3) is 0 Å². The van der Waals surface area contributed by atoms with E-state index in [1.807, 2.05) is 0 Å². The molecule has 0 spiro atoms. The summed E-state index contributed by atoms with van der Waals surface area (Å²) >= 11 is 5.53. The van der Waals surface area contributed by atoms with E-state index in [0.717, 1.165) is 31.5 Å². The summed E-state index contributed by atoms with van der Waals surface area (Å²) in [6, 6.07) is 1.56. The molecule has 0 aliphatic carbocycles. The highest BCUT2D eigenvalue weighted by atomic mass is 35.5. The zero-order valence-corrected chi connectivity index (χ0v) is 19.6. The SMILES string of the molecule is CO[Si](CCCCl)(OC)OC.CO[Si](CCCOCC1CO1)(OC)OC. The maximum Gasteiger partial charge on any atom is 0.500 e. The first-order chi connectivity index (χ1) is 12.5. The van der Waals surface area contributed by atoms with E-state index in [1.54, 1.807) is 42.7 Å². The zero-order valence-electron chi connectivity index (χ0n) is 16.9. The normalized spacial score (nSPS) is 17.0. The Hall–Kier alpha value is 0.404. The Kier molecular flexibility index (Phi) is 15.6. The van der Waals surface area contributed by atoms with E-state index in [2.05, 4.69) is 0 Å². The molecule has 11 heteroatoms. The van der Waals surface area contributed by atoms with Gasteiger partial charge in [-0.3, -0.25) is 0 Å². The minimum Gasteiger partial charge on any atom is -0.379 e. The van der Waals surface area contributed by atoms with Crippen molar-refractivity contribution in [3.63, 3.8) is 0 Å². The van der Waals surface area contributed by atoms with Crippen LogP contribution in [0.4, 0.5) is 0 Å². The number of hydrogen-bond acceptors (Lipinski definition) is 8. The van der Waals surface area contributed by atoms with Crippen molar-refractivity contribution in [2.24, 2.45) is 0 Å². The Morgan fingerprint density at radius 3 is 1.58 bits per heavy atom. The first kappa shape index (κ1) is 26.4. The fourth-order valence-electron chi connectivity index (χ4n) is 2.17. The summed E-state index contributed by atoms with van der Waals surface area (Å²) in [6.07, 6.45) is 2.08. The summed E-state index contributed by atoms with van der Waals surface area (Å²) in [5.41, 5.74) is 0. The van der Waals surface area contributed by atoms with Gasteiger partial charge in [0.05, 0.1) is 13.2 Å². The second-order valence-electron chi connectivity index (χ2n) is 5.52. The van der Waals surface area contributed by atoms with Crippen LogP contribution in [0.1, 0.15) is 12.8 Å². The molecule has 1 fully saturated rings. The molecule has 158 valence electrons. The highest BCUT2D eigenvalue weighted by Crippen LogP contribution is 2.16. The monoisotopic (exact) mass is 434 g/mol. The Bertz CT molecular complexity index is 312. The molecule has 1 aliphatic rings. The van der Waals surface area contributed by atoms with Crippen LogP contribution >= 0.6 is 11.6 Å². The predicted molar refractivity (Wildman–Crippen MR) is 104 cm³/mol. The highest BCUT2D eigenvalue weighted by Gasteiger charge is 2.37. The Labute approximate surface area is 165 Å². The first-order valence-corrected chi connectivity index (χ1v) is 13.0. The van der Waals surface area contributed by atoms with E-state index in [4.69, 9.17) is 47.6 Å². The molecule has 1 atom stereocenters. The lowest BCUT2D eigenvalue weighted by atomic mass is 10.5. The molecular weight excluding hydrogens is 400 g/mol. The van der Waals surface area contributed by atoms with Crippen LogP contribution in [0, 0.1) is 0 Å². The van der Waals surface area contributed by atoms with Crippen molar-refractivity contribution in [1.82, 2.24) is 0 Å². The smallest absolute Gasteiger partial charge is 0.379 e. The maximum atomic E-state index is 5.53. The van der Waals surface area contributed by atoms with Crippen LogP contribution in [0.3, 0.4) is 0 Å². The van der Waals surface area contributed by atoms with Gasteiger partial charge >= 0.3 is 17.6 Å². The van der Waals surface area contributed by atoms with Crippen LogP contribution in [0.15, 0.2) is 0 Å². The van der Waals surface area contributed by atoms with Crippen molar-refractivity contribution in [3.8, 4) is 0 Å². The number of epoxide rings is 1. The fourth-order valence-corrected chi connectivity index (χ4v) is 5.94. The van der Waals surface area contributed by atoms with Gasteiger partial charge < -0.3 is 36.0 Å². The second-order valence-corrected chi connectivity index (χ2v) is 12.1. The summed E-state index contributed by atoms with van der Waals surface area (Å²) in [5.74, 6) is 0.616. The van der Waals surface area contributed by atoms with Crippen molar-refractivity contribution in [1.29, 1.82) is 0 Å². The summed E-state index contributed by atoms with van der Waals surface area (Å²) in [7, 11) is 4.97. The summed E-state index contributed by atoms with van der Waals surface area (Å²) in [6.45, 7) is 2.24. The van der Waals surface area contributed by atoms with E-state index < -0.39 is 17.6 Å². The molecule has 0 radical (unpaired) electrons. The van der Waals surface area contributed by atoms with E-state index in [0.29, 0.717) is 25.2 Å². The lowest BCUT2D eigenvalue weighted by Crippen LogP contribution is -2.42. The number of halogens is 1. The third-order valence-electron chi connectivity index (χ3n) is 3.96. The molecule has 0 saturated carbocycles. The highest BCUT2D eigenvalue weighted by molar-refractivity contribution is 6.60. The average molecular weight is 435 g/mol. The molecule has 0 bridgehead atoms. The van der Waals surface area contributed by atoms with Gasteiger partial charge in [-0.05, 0) is 12.8 Å². The van der Waals surface area contributed by atoms with Crippen molar-refractivity contribution >= 4 is 29.2 Å². The quantitative estimate of drug-likeness (QED) is 0.168. The average Bonchev–Trinajstić information content (AvgIpc) is 3.52. The van der Waals surface area contributed by atoms with Crippen LogP contribution in [0.5, 0.6) is 0 Å². The topological polar surface area (TPSA) is 77.1 Å². The minimum absolute atomic E-state index is 0.333. The summed E-state index contributed by atoms with van der Waals surface area (Å²) in [4.78, 5) is 0. The Morgan fingerprint density at radius 1 is 0.808 bits per heavy atom. The van der Waals surface area contributed by atoms with E-state index in [1.165, 1.54) is 0 Å². The molecule has 1 unspecified atom stereocenters. The molecule has 1 aliphatic heterocycles. The first-order valence-electron chi connectivity index (χ1n) is 8.57. The molecule has 0 aromatic rings. The van der Waals surface area contributed by atoms with Gasteiger partial charge in [0, 0.05) is 67.2 Å². The van der Waals surface area contributed by atoms with Gasteiger partial charge in [-0.1, -0.05) is 0 Å². The van der Waals surface area contributed by atoms with Crippen LogP contribution in [0.25, 0.3) is 0 Å². The van der Waals surface area contributed by atoms with Gasteiger partial charge in [0.15, 0.2) is 0 Å². The minimum atomic E-state index is -2.39. The molecule has 0 amide bonds. The molecular formula is C15H35ClO8Si2. The molecule has 26 heavy (non-hydrogen) atoms. The Morgan fingerprint density at radius 2 is 1.23 bits per heavy atom. The van der Waals surface area contributed by atoms with E-state index >= 15 is 0 Å². The summed E-state index contributed by atoms with van der Waals surface area (Å²) in [5, 5.41) is 0. The Balaban J connectivity index is 0.000000508. The van der Waals surface area contributed by atoms with Crippen molar-refractivity contribution in [2.45, 2.75) is 31.0 Å². The molecule has 0 aromatic carbocycles. The molecule has 8 nitrogen and oxygen atoms in total. The van der Waals surface area contributed by atoms with Gasteiger partial charge in [0.1, 0.15) is 6.10 Å². The number of hydrogen-bond donors (Lipinski definition) is 0. The molecule has 0 N–H and O–H groups in total. The fraction of sp³-hybridized carbons (Fsp3) is 1.00. The number of rotatable bonds is 15. The lowest BCUT2D eigenvalue weighted by Gasteiger charge is -2.24. The third kappa shape index (κ3) is 10.7. The second kappa shape index (κ2) is 15.3. The van der Waals surface area contributed by atoms with Crippen LogP contribution < -0.4 is 0 Å². The predicted octanol–water partition coefficient (Wildman–Crippen LogP) is 2.16. The summed E-state index contributed by atoms with van der Waals surface area (Å²) < 4.78 is 41.8. The van der Waals surface area contributed by atoms with Gasteiger partial charge in [-0.2, -0.15) is 0 Å². The molecule has 1 saturated heterocycles. The molecule has 1 rings (SSSR count). The van der Waals surface area contributed by atoms with E-state index in [9.17, 15) is 0 Å². The number of alkyl halides is 1. The van der Waals surface area contributed by atoms with Crippen molar-refractivity contribution in [2.75, 3.05) is 68.4 Å². The van der Waals surface area contributed by atoms with Crippen LogP contribution in [0.2, 0.25) is 12.1 Å². The molecule has 0 aromatic heterocycles. The molecule has 1 heterocycles. The van der Waals surface area contributed by atoms with Crippen molar-refractivity contribution in [3.05, 3.63) is 0 Å². The van der Waals surface area contributed by atoms with Crippen LogP contribution in [-0.2, 0) is 36.0 Å². The largest absolute Gasteiger partial charge is 0.500 e. The zero-order chi connectivity index (χ0) is 19.9. The van der Waals surface area contributed by atoms with Gasteiger partial charge in [-0.25, -0.2) is 0 Å². The number of ether oxygens (including phenoxy) is 2.